The predicted molar refractivity (Wildman–Crippen MR) is 103 cm³/mol. The summed E-state index contributed by atoms with van der Waals surface area (Å²) in [7, 11) is 0. The average Bonchev–Trinajstić information content (AvgIpc) is 2.74. The summed E-state index contributed by atoms with van der Waals surface area (Å²) in [4.78, 5) is 21.6. The first-order chi connectivity index (χ1) is 13.4. The Morgan fingerprint density at radius 2 is 1.04 bits per heavy atom. The van der Waals surface area contributed by atoms with Gasteiger partial charge in [0.25, 0.3) is 0 Å². The fraction of sp³-hybridized carbons (Fsp3) is 0.0909. The Morgan fingerprint density at radius 1 is 0.679 bits per heavy atom. The Hall–Kier alpha value is -3.48. The molecule has 28 heavy (non-hydrogen) atoms. The minimum atomic E-state index is -2.00. The molecule has 3 rings (SSSR count). The lowest BCUT2D eigenvalue weighted by Gasteiger charge is -2.24. The van der Waals surface area contributed by atoms with Crippen molar-refractivity contribution in [2.24, 2.45) is 0 Å². The van der Waals surface area contributed by atoms with Gasteiger partial charge in [-0.25, -0.2) is 9.59 Å². The molecule has 0 saturated heterocycles. The summed E-state index contributed by atoms with van der Waals surface area (Å²) >= 11 is 0. The van der Waals surface area contributed by atoms with E-state index in [1.165, 1.54) is 0 Å². The Morgan fingerprint density at radius 3 is 1.36 bits per heavy atom. The summed E-state index contributed by atoms with van der Waals surface area (Å²) in [6.45, 7) is 0. The van der Waals surface area contributed by atoms with E-state index in [1.807, 2.05) is 0 Å². The lowest BCUT2D eigenvalue weighted by atomic mass is 9.86. The molecule has 0 aromatic heterocycles. The summed E-state index contributed by atoms with van der Waals surface area (Å²) in [5.74, 6) is -2.51. The zero-order valence-corrected chi connectivity index (χ0v) is 14.8. The highest BCUT2D eigenvalue weighted by molar-refractivity contribution is 5.83. The van der Waals surface area contributed by atoms with Crippen molar-refractivity contribution in [3.63, 3.8) is 0 Å². The molecule has 0 spiro atoms. The second-order valence-corrected chi connectivity index (χ2v) is 5.90. The molecule has 0 saturated carbocycles. The Kier molecular flexibility index (Phi) is 7.03. The van der Waals surface area contributed by atoms with Crippen LogP contribution < -0.4 is 0 Å². The molecule has 0 fully saturated rings. The van der Waals surface area contributed by atoms with Crippen molar-refractivity contribution in [1.29, 1.82) is 0 Å². The molecule has 1 atom stereocenters. The number of aliphatic hydroxyl groups is 2. The van der Waals surface area contributed by atoms with Gasteiger partial charge in [0.05, 0.1) is 0 Å². The van der Waals surface area contributed by atoms with Crippen molar-refractivity contribution in [2.45, 2.75) is 11.7 Å². The molecule has 0 aliphatic rings. The van der Waals surface area contributed by atoms with Crippen molar-refractivity contribution >= 4 is 11.9 Å². The normalized spacial score (nSPS) is 11.6. The first-order valence-corrected chi connectivity index (χ1v) is 8.40. The molecule has 0 aliphatic heterocycles. The van der Waals surface area contributed by atoms with Crippen molar-refractivity contribution in [3.05, 3.63) is 108 Å². The molecule has 0 radical (unpaired) electrons. The number of hydrogen-bond donors (Lipinski definition) is 4. The van der Waals surface area contributed by atoms with Crippen LogP contribution in [0.1, 0.15) is 22.8 Å². The molecule has 1 unspecified atom stereocenters. The van der Waals surface area contributed by atoms with Crippen LogP contribution in [-0.2, 0) is 15.2 Å². The van der Waals surface area contributed by atoms with Gasteiger partial charge in [-0.1, -0.05) is 91.0 Å². The van der Waals surface area contributed by atoms with E-state index in [0.29, 0.717) is 16.7 Å². The van der Waals surface area contributed by atoms with Crippen LogP contribution in [0.15, 0.2) is 91.0 Å². The third-order valence-electron chi connectivity index (χ3n) is 4.04. The zero-order chi connectivity index (χ0) is 20.6. The van der Waals surface area contributed by atoms with Crippen molar-refractivity contribution in [1.82, 2.24) is 0 Å². The minimum Gasteiger partial charge on any atom is -0.479 e. The van der Waals surface area contributed by atoms with Gasteiger partial charge in [0.2, 0.25) is 5.60 Å². The van der Waals surface area contributed by atoms with Gasteiger partial charge in [0.15, 0.2) is 6.10 Å². The second-order valence-electron chi connectivity index (χ2n) is 5.90. The van der Waals surface area contributed by atoms with Gasteiger partial charge in [-0.15, -0.1) is 0 Å². The topological polar surface area (TPSA) is 115 Å². The number of aliphatic carboxylic acids is 2. The van der Waals surface area contributed by atoms with Gasteiger partial charge in [-0.05, 0) is 16.7 Å². The summed E-state index contributed by atoms with van der Waals surface area (Å²) in [5.41, 5.74) is -0.903. The van der Waals surface area contributed by atoms with Crippen LogP contribution in [0.4, 0.5) is 0 Å². The van der Waals surface area contributed by atoms with Crippen LogP contribution in [0.25, 0.3) is 0 Å². The highest BCUT2D eigenvalue weighted by Crippen LogP contribution is 2.29. The predicted octanol–water partition coefficient (Wildman–Crippen LogP) is 2.81. The van der Waals surface area contributed by atoms with Gasteiger partial charge < -0.3 is 20.4 Å². The van der Waals surface area contributed by atoms with Gasteiger partial charge in [0, 0.05) is 0 Å². The molecule has 4 N–H and O–H groups in total. The van der Waals surface area contributed by atoms with Crippen molar-refractivity contribution < 1.29 is 30.0 Å². The lowest BCUT2D eigenvalue weighted by molar-refractivity contribution is -0.155. The molecule has 0 amide bonds. The first kappa shape index (κ1) is 20.8. The van der Waals surface area contributed by atoms with Gasteiger partial charge in [-0.3, -0.25) is 0 Å². The van der Waals surface area contributed by atoms with Gasteiger partial charge in [-0.2, -0.15) is 0 Å². The fourth-order valence-electron chi connectivity index (χ4n) is 2.55. The van der Waals surface area contributed by atoms with E-state index in [0.717, 1.165) is 0 Å². The maximum absolute atomic E-state index is 11.4. The Bertz CT molecular complexity index is 855. The molecular formula is C22H20O6. The number of aliphatic hydroxyl groups excluding tert-OH is 1. The fourth-order valence-corrected chi connectivity index (χ4v) is 2.55. The monoisotopic (exact) mass is 380 g/mol. The van der Waals surface area contributed by atoms with Crippen LogP contribution in [-0.4, -0.2) is 32.4 Å². The quantitative estimate of drug-likeness (QED) is 0.541. The van der Waals surface area contributed by atoms with Crippen LogP contribution in [0.5, 0.6) is 0 Å². The SMILES string of the molecule is O=C(O)C(O)(c1ccccc1)c1ccccc1.O=C(O)C(O)c1ccccc1. The van der Waals surface area contributed by atoms with E-state index < -0.39 is 23.6 Å². The molecule has 0 heterocycles. The van der Waals surface area contributed by atoms with Crippen molar-refractivity contribution in [3.8, 4) is 0 Å². The lowest BCUT2D eigenvalue weighted by Crippen LogP contribution is -2.36. The largest absolute Gasteiger partial charge is 0.479 e. The van der Waals surface area contributed by atoms with E-state index in [2.05, 4.69) is 0 Å². The number of carboxylic acid groups (broad SMARTS) is 2. The highest BCUT2D eigenvalue weighted by Gasteiger charge is 2.39. The molecule has 6 nitrogen and oxygen atoms in total. The van der Waals surface area contributed by atoms with Crippen LogP contribution in [0.2, 0.25) is 0 Å². The maximum atomic E-state index is 11.4. The summed E-state index contributed by atoms with van der Waals surface area (Å²) in [6, 6.07) is 25.0. The Labute approximate surface area is 162 Å². The highest BCUT2D eigenvalue weighted by atomic mass is 16.4. The van der Waals surface area contributed by atoms with Crippen LogP contribution in [0.3, 0.4) is 0 Å². The maximum Gasteiger partial charge on any atom is 0.345 e. The Balaban J connectivity index is 0.000000221. The number of rotatable bonds is 5. The second kappa shape index (κ2) is 9.45. The number of hydrogen-bond acceptors (Lipinski definition) is 4. The average molecular weight is 380 g/mol. The molecule has 0 bridgehead atoms. The first-order valence-electron chi connectivity index (χ1n) is 8.40. The van der Waals surface area contributed by atoms with Gasteiger partial charge >= 0.3 is 11.9 Å². The summed E-state index contributed by atoms with van der Waals surface area (Å²) < 4.78 is 0. The smallest absolute Gasteiger partial charge is 0.345 e. The number of carboxylic acids is 2. The van der Waals surface area contributed by atoms with E-state index in [9.17, 15) is 19.8 Å². The third-order valence-corrected chi connectivity index (χ3v) is 4.04. The molecular weight excluding hydrogens is 360 g/mol. The van der Waals surface area contributed by atoms with E-state index >= 15 is 0 Å². The van der Waals surface area contributed by atoms with Crippen molar-refractivity contribution in [2.75, 3.05) is 0 Å². The molecule has 0 aliphatic carbocycles. The standard InChI is InChI=1S/C14H12O3.C8H8O3/c15-13(16)14(17,11-7-3-1-4-8-11)12-9-5-2-6-10-12;9-7(8(10)11)6-4-2-1-3-5-6/h1-10,17H,(H,15,16);1-5,7,9H,(H,10,11). The van der Waals surface area contributed by atoms with E-state index in [-0.39, 0.29) is 0 Å². The van der Waals surface area contributed by atoms with E-state index in [4.69, 9.17) is 10.2 Å². The van der Waals surface area contributed by atoms with Gasteiger partial charge in [0.1, 0.15) is 0 Å². The molecule has 3 aromatic rings. The third kappa shape index (κ3) is 4.82. The van der Waals surface area contributed by atoms with Crippen LogP contribution >= 0.6 is 0 Å². The summed E-state index contributed by atoms with van der Waals surface area (Å²) in [5, 5.41) is 37.1. The number of carbonyl (C=O) groups is 2. The minimum absolute atomic E-state index is 0.346. The molecule has 144 valence electrons. The summed E-state index contributed by atoms with van der Waals surface area (Å²) in [6.07, 6.45) is -1.41. The van der Waals surface area contributed by atoms with Crippen LogP contribution in [0, 0.1) is 0 Å². The number of benzene rings is 3. The van der Waals surface area contributed by atoms with E-state index in [1.54, 1.807) is 91.0 Å². The molecule has 3 aromatic carbocycles. The molecule has 6 heteroatoms. The zero-order valence-electron chi connectivity index (χ0n) is 14.8.